The molecule has 0 unspecified atom stereocenters. The van der Waals surface area contributed by atoms with Crippen LogP contribution in [0.2, 0.25) is 0 Å². The van der Waals surface area contributed by atoms with Crippen LogP contribution in [-0.4, -0.2) is 30.8 Å². The van der Waals surface area contributed by atoms with E-state index in [1.807, 2.05) is 78.1 Å². The third-order valence-corrected chi connectivity index (χ3v) is 6.66. The van der Waals surface area contributed by atoms with Crippen LogP contribution >= 0.6 is 11.8 Å². The van der Waals surface area contributed by atoms with Crippen LogP contribution < -0.4 is 10.9 Å². The van der Waals surface area contributed by atoms with E-state index in [-0.39, 0.29) is 17.2 Å². The van der Waals surface area contributed by atoms with Crippen molar-refractivity contribution < 1.29 is 4.79 Å². The van der Waals surface area contributed by atoms with Crippen LogP contribution in [0.15, 0.2) is 82.7 Å². The number of hydrogen-bond donors (Lipinski definition) is 1. The number of carbonyl (C=O) groups is 1. The Labute approximate surface area is 200 Å². The molecule has 0 aliphatic carbocycles. The molecule has 170 valence electrons. The third-order valence-electron chi connectivity index (χ3n) is 5.73. The molecule has 0 saturated carbocycles. The molecule has 0 spiro atoms. The Morgan fingerprint density at radius 3 is 2.47 bits per heavy atom. The summed E-state index contributed by atoms with van der Waals surface area (Å²) >= 11 is 1.28. The number of rotatable bonds is 6. The number of carbonyl (C=O) groups excluding carboxylic acids is 1. The molecule has 0 atom stereocenters. The molecule has 8 heteroatoms. The van der Waals surface area contributed by atoms with E-state index >= 15 is 0 Å². The highest BCUT2D eigenvalue weighted by Gasteiger charge is 2.19. The number of aromatic nitrogens is 4. The maximum atomic E-state index is 13.4. The lowest BCUT2D eigenvalue weighted by Gasteiger charge is -2.13. The number of aryl methyl sites for hydroxylation is 2. The molecule has 0 saturated heterocycles. The molecule has 1 amide bonds. The second-order valence-electron chi connectivity index (χ2n) is 7.95. The fourth-order valence-corrected chi connectivity index (χ4v) is 4.69. The minimum absolute atomic E-state index is 0.137. The lowest BCUT2D eigenvalue weighted by Crippen LogP contribution is -2.22. The summed E-state index contributed by atoms with van der Waals surface area (Å²) in [5, 5.41) is 12.7. The van der Waals surface area contributed by atoms with E-state index in [9.17, 15) is 9.59 Å². The molecule has 2 aromatic heterocycles. The summed E-state index contributed by atoms with van der Waals surface area (Å²) in [6, 6.07) is 22.9. The average molecular weight is 470 g/mol. The molecule has 0 radical (unpaired) electrons. The summed E-state index contributed by atoms with van der Waals surface area (Å²) < 4.78 is 3.43. The quantitative estimate of drug-likeness (QED) is 0.367. The molecule has 34 heavy (non-hydrogen) atoms. The minimum Gasteiger partial charge on any atom is -0.325 e. The number of anilines is 1. The average Bonchev–Trinajstić information content (AvgIpc) is 3.28. The predicted molar refractivity (Wildman–Crippen MR) is 136 cm³/mol. The number of nitrogens with one attached hydrogen (secondary N) is 1. The standard InChI is InChI=1S/C26H23N5O2S/c1-3-18-12-14-19(15-13-18)27-23(32)16-34-26-29-28-25-30(21-10-6-4-8-17(21)2)24(33)20-9-5-7-11-22(20)31(25)26/h4-15H,3,16H2,1-2H3,(H,27,32). The van der Waals surface area contributed by atoms with E-state index in [4.69, 9.17) is 0 Å². The van der Waals surface area contributed by atoms with Gasteiger partial charge < -0.3 is 5.32 Å². The Balaban J connectivity index is 1.52. The Hall–Kier alpha value is -3.91. The van der Waals surface area contributed by atoms with E-state index < -0.39 is 0 Å². The van der Waals surface area contributed by atoms with Crippen molar-refractivity contribution in [3.63, 3.8) is 0 Å². The third kappa shape index (κ3) is 3.97. The number of amides is 1. The zero-order valence-electron chi connectivity index (χ0n) is 18.9. The first-order chi connectivity index (χ1) is 16.6. The van der Waals surface area contributed by atoms with E-state index in [0.29, 0.717) is 21.8 Å². The second kappa shape index (κ2) is 9.15. The largest absolute Gasteiger partial charge is 0.325 e. The first-order valence-corrected chi connectivity index (χ1v) is 12.0. The Kier molecular flexibility index (Phi) is 5.90. The smallest absolute Gasteiger partial charge is 0.267 e. The maximum absolute atomic E-state index is 13.4. The van der Waals surface area contributed by atoms with Crippen molar-refractivity contribution in [2.45, 2.75) is 25.4 Å². The normalized spacial score (nSPS) is 11.2. The lowest BCUT2D eigenvalue weighted by molar-refractivity contribution is -0.113. The topological polar surface area (TPSA) is 81.3 Å². The van der Waals surface area contributed by atoms with Crippen LogP contribution in [-0.2, 0) is 11.2 Å². The first-order valence-electron chi connectivity index (χ1n) is 11.0. The van der Waals surface area contributed by atoms with E-state index in [1.165, 1.54) is 17.3 Å². The fourth-order valence-electron chi connectivity index (χ4n) is 3.95. The van der Waals surface area contributed by atoms with Gasteiger partial charge in [-0.3, -0.25) is 14.0 Å². The van der Waals surface area contributed by atoms with Gasteiger partial charge in [0.25, 0.3) is 5.56 Å². The number of hydrogen-bond acceptors (Lipinski definition) is 5. The number of fused-ring (bicyclic) bond motifs is 3. The van der Waals surface area contributed by atoms with Crippen LogP contribution in [0.5, 0.6) is 0 Å². The van der Waals surface area contributed by atoms with Gasteiger partial charge in [-0.25, -0.2) is 4.57 Å². The van der Waals surface area contributed by atoms with Crippen LogP contribution in [0.3, 0.4) is 0 Å². The van der Waals surface area contributed by atoms with Gasteiger partial charge in [0.05, 0.1) is 22.3 Å². The number of para-hydroxylation sites is 2. The van der Waals surface area contributed by atoms with Gasteiger partial charge in [0, 0.05) is 5.69 Å². The van der Waals surface area contributed by atoms with Crippen LogP contribution in [0, 0.1) is 6.92 Å². The Morgan fingerprint density at radius 2 is 1.71 bits per heavy atom. The highest BCUT2D eigenvalue weighted by Crippen LogP contribution is 2.24. The lowest BCUT2D eigenvalue weighted by atomic mass is 10.1. The highest BCUT2D eigenvalue weighted by atomic mass is 32.2. The number of benzene rings is 3. The second-order valence-corrected chi connectivity index (χ2v) is 8.89. The van der Waals surface area contributed by atoms with Crippen molar-refractivity contribution in [2.75, 3.05) is 11.1 Å². The first kappa shape index (κ1) is 21.9. The van der Waals surface area contributed by atoms with Crippen LogP contribution in [0.1, 0.15) is 18.1 Å². The van der Waals surface area contributed by atoms with Gasteiger partial charge >= 0.3 is 0 Å². The SMILES string of the molecule is CCc1ccc(NC(=O)CSc2nnc3n(-c4ccccc4C)c(=O)c4ccccc4n23)cc1. The summed E-state index contributed by atoms with van der Waals surface area (Å²) in [6.45, 7) is 4.05. The van der Waals surface area contributed by atoms with Gasteiger partial charge in [0.2, 0.25) is 11.7 Å². The Bertz CT molecular complexity index is 1570. The molecule has 0 aliphatic rings. The highest BCUT2D eigenvalue weighted by molar-refractivity contribution is 7.99. The fraction of sp³-hybridized carbons (Fsp3) is 0.154. The van der Waals surface area contributed by atoms with Gasteiger partial charge in [-0.05, 0) is 54.8 Å². The molecule has 1 N–H and O–H groups in total. The zero-order chi connectivity index (χ0) is 23.7. The maximum Gasteiger partial charge on any atom is 0.267 e. The van der Waals surface area contributed by atoms with Gasteiger partial charge in [-0.1, -0.05) is 61.2 Å². The van der Waals surface area contributed by atoms with E-state index in [0.717, 1.165) is 23.4 Å². The van der Waals surface area contributed by atoms with E-state index in [1.54, 1.807) is 10.6 Å². The van der Waals surface area contributed by atoms with Gasteiger partial charge in [-0.15, -0.1) is 10.2 Å². The predicted octanol–water partition coefficient (Wildman–Crippen LogP) is 4.64. The van der Waals surface area contributed by atoms with Crippen LogP contribution in [0.25, 0.3) is 22.4 Å². The molecule has 5 aromatic rings. The van der Waals surface area contributed by atoms with Crippen LogP contribution in [0.4, 0.5) is 5.69 Å². The van der Waals surface area contributed by atoms with Gasteiger partial charge in [0.1, 0.15) is 0 Å². The Morgan fingerprint density at radius 1 is 0.971 bits per heavy atom. The number of thioether (sulfide) groups is 1. The molecule has 5 rings (SSSR count). The minimum atomic E-state index is -0.158. The van der Waals surface area contributed by atoms with Gasteiger partial charge in [0.15, 0.2) is 5.16 Å². The summed E-state index contributed by atoms with van der Waals surface area (Å²) in [5.74, 6) is 0.437. The summed E-state index contributed by atoms with van der Waals surface area (Å²) in [7, 11) is 0. The van der Waals surface area contributed by atoms with Crippen molar-refractivity contribution in [2.24, 2.45) is 0 Å². The monoisotopic (exact) mass is 469 g/mol. The molecule has 2 heterocycles. The molecule has 0 fully saturated rings. The van der Waals surface area contributed by atoms with Crippen molar-refractivity contribution in [1.29, 1.82) is 0 Å². The molecule has 0 bridgehead atoms. The summed E-state index contributed by atoms with van der Waals surface area (Å²) in [4.78, 5) is 26.0. The van der Waals surface area contributed by atoms with Crippen molar-refractivity contribution in [3.8, 4) is 5.69 Å². The molecule has 0 aliphatic heterocycles. The molecule has 7 nitrogen and oxygen atoms in total. The van der Waals surface area contributed by atoms with Crippen molar-refractivity contribution in [1.82, 2.24) is 19.2 Å². The van der Waals surface area contributed by atoms with Crippen molar-refractivity contribution >= 4 is 40.0 Å². The van der Waals surface area contributed by atoms with E-state index in [2.05, 4.69) is 22.4 Å². The summed E-state index contributed by atoms with van der Waals surface area (Å²) in [5.41, 5.74) is 4.22. The number of nitrogens with zero attached hydrogens (tertiary/aromatic N) is 4. The van der Waals surface area contributed by atoms with Crippen molar-refractivity contribution in [3.05, 3.63) is 94.3 Å². The zero-order valence-corrected chi connectivity index (χ0v) is 19.7. The summed E-state index contributed by atoms with van der Waals surface area (Å²) in [6.07, 6.45) is 0.950. The van der Waals surface area contributed by atoms with Gasteiger partial charge in [-0.2, -0.15) is 0 Å². The molecule has 3 aromatic carbocycles. The molecular weight excluding hydrogens is 446 g/mol. The molecular formula is C26H23N5O2S.